The average molecular weight is 800 g/mol. The first-order chi connectivity index (χ1) is 27.3. The van der Waals surface area contributed by atoms with Gasteiger partial charge in [0, 0.05) is 60.8 Å². The molecule has 4 aliphatic rings. The summed E-state index contributed by atoms with van der Waals surface area (Å²) >= 11 is 0. The van der Waals surface area contributed by atoms with Crippen molar-refractivity contribution in [1.29, 1.82) is 0 Å². The quantitative estimate of drug-likeness (QED) is 0.202. The second-order valence-electron chi connectivity index (χ2n) is 16.4. The van der Waals surface area contributed by atoms with Gasteiger partial charge in [0.25, 0.3) is 5.91 Å². The molecule has 0 radical (unpaired) electrons. The number of ether oxygens (including phenoxy) is 2. The topological polar surface area (TPSA) is 164 Å². The third-order valence-corrected chi connectivity index (χ3v) is 13.5. The molecule has 7 rings (SSSR count). The van der Waals surface area contributed by atoms with Gasteiger partial charge in [-0.1, -0.05) is 50.3 Å². The minimum absolute atomic E-state index is 0.0224. The Morgan fingerprint density at radius 3 is 2.42 bits per heavy atom. The molecule has 2 N–H and O–H groups in total. The summed E-state index contributed by atoms with van der Waals surface area (Å²) in [5.41, 5.74) is 0.646. The number of carbonyl (C=O) groups is 4. The molecule has 4 amide bonds. The minimum Gasteiger partial charge on any atom is -0.497 e. The zero-order valence-electron chi connectivity index (χ0n) is 32.9. The highest BCUT2D eigenvalue weighted by atomic mass is 32.2. The maximum atomic E-state index is 14.8. The number of pyridine rings is 1. The maximum Gasteiger partial charge on any atom is 0.259 e. The van der Waals surface area contributed by atoms with Crippen LogP contribution in [0.4, 0.5) is 0 Å². The Morgan fingerprint density at radius 1 is 1.04 bits per heavy atom. The number of piperidine rings is 1. The first kappa shape index (κ1) is 40.2. The third kappa shape index (κ3) is 8.80. The van der Waals surface area contributed by atoms with E-state index in [0.717, 1.165) is 24.8 Å². The largest absolute Gasteiger partial charge is 0.497 e. The molecule has 57 heavy (non-hydrogen) atoms. The van der Waals surface area contributed by atoms with Crippen molar-refractivity contribution in [3.8, 4) is 22.8 Å². The number of nitrogens with one attached hydrogen (secondary N) is 2. The molecule has 304 valence electrons. The van der Waals surface area contributed by atoms with Crippen LogP contribution in [0.15, 0.2) is 67.3 Å². The fourth-order valence-corrected chi connectivity index (χ4v) is 9.65. The lowest BCUT2D eigenvalue weighted by atomic mass is 9.91. The number of rotatable bonds is 15. The zero-order valence-corrected chi connectivity index (χ0v) is 33.8. The highest BCUT2D eigenvalue weighted by molar-refractivity contribution is 7.91. The highest BCUT2D eigenvalue weighted by Crippen LogP contribution is 2.46. The maximum absolute atomic E-state index is 14.8. The fourth-order valence-electron chi connectivity index (χ4n) is 8.29. The van der Waals surface area contributed by atoms with Gasteiger partial charge in [-0.05, 0) is 63.0 Å². The van der Waals surface area contributed by atoms with Crippen LogP contribution in [0, 0.1) is 17.8 Å². The summed E-state index contributed by atoms with van der Waals surface area (Å²) < 4.78 is 40.0. The number of benzene rings is 2. The van der Waals surface area contributed by atoms with Crippen molar-refractivity contribution in [1.82, 2.24) is 24.8 Å². The first-order valence-corrected chi connectivity index (χ1v) is 21.7. The fraction of sp³-hybridized carbons (Fsp3) is 0.512. The Kier molecular flexibility index (Phi) is 11.6. The second kappa shape index (κ2) is 16.5. The smallest absolute Gasteiger partial charge is 0.259 e. The summed E-state index contributed by atoms with van der Waals surface area (Å²) in [6.45, 7) is 9.19. The first-order valence-electron chi connectivity index (χ1n) is 20.1. The molecule has 2 saturated heterocycles. The van der Waals surface area contributed by atoms with E-state index in [-0.39, 0.29) is 43.5 Å². The predicted molar refractivity (Wildman–Crippen MR) is 216 cm³/mol. The van der Waals surface area contributed by atoms with Crippen LogP contribution in [0.2, 0.25) is 0 Å². The molecule has 5 atom stereocenters. The Bertz CT molecular complexity index is 2140. The molecule has 0 spiro atoms. The SMILES string of the molecule is C=CC1C[C@]1(NC(=O)[C@@H]1C[C@@H](Oc2cc(-c3ccccc3)nc3cc(OC)ccc23)CN1C(=O)[C@@H](CC(=O)N1CCCCC1)CC(C)C)C(=O)NS(=O)(=O)C1CC1. The van der Waals surface area contributed by atoms with Gasteiger partial charge in [0.2, 0.25) is 27.7 Å². The number of fused-ring (bicyclic) bond motifs is 1. The third-order valence-electron chi connectivity index (χ3n) is 11.7. The molecule has 4 fully saturated rings. The zero-order chi connectivity index (χ0) is 40.5. The lowest BCUT2D eigenvalue weighted by molar-refractivity contribution is -0.146. The van der Waals surface area contributed by atoms with Crippen molar-refractivity contribution >= 4 is 44.6 Å². The number of hydrogen-bond acceptors (Lipinski definition) is 9. The van der Waals surface area contributed by atoms with Gasteiger partial charge in [0.15, 0.2) is 0 Å². The van der Waals surface area contributed by atoms with E-state index in [1.807, 2.05) is 73.3 Å². The van der Waals surface area contributed by atoms with Gasteiger partial charge in [0.05, 0.1) is 30.1 Å². The van der Waals surface area contributed by atoms with Gasteiger partial charge in [-0.2, -0.15) is 0 Å². The lowest BCUT2D eigenvalue weighted by Gasteiger charge is -2.32. The second-order valence-corrected chi connectivity index (χ2v) is 18.4. The average Bonchev–Trinajstić information content (AvgIpc) is 4.14. The molecule has 1 unspecified atom stereocenters. The van der Waals surface area contributed by atoms with E-state index in [2.05, 4.69) is 16.6 Å². The van der Waals surface area contributed by atoms with Crippen molar-refractivity contribution in [2.45, 2.75) is 94.6 Å². The summed E-state index contributed by atoms with van der Waals surface area (Å²) in [7, 11) is -2.31. The standard InChI is InChI=1S/C43H53N5O8S/c1-5-30-25-43(30,42(52)46-57(53,54)33-15-16-33)45-40(50)37-23-32(26-48(37)41(51)29(20-27(2)3)21-39(49)47-18-10-7-11-19-47)56-38-24-35(28-12-8-6-9-13-28)44-36-22-31(55-4)14-17-34(36)38/h5-6,8-9,12-14,17,22,24,27,29-30,32-33,37H,1,7,10-11,15-16,18-21,23,25-26H2,2-4H3,(H,45,50)(H,46,52)/t29-,30?,32-,37+,43-/m1/s1. The number of hydrogen-bond donors (Lipinski definition) is 2. The van der Waals surface area contributed by atoms with Gasteiger partial charge >= 0.3 is 0 Å². The van der Waals surface area contributed by atoms with Crippen molar-refractivity contribution in [3.63, 3.8) is 0 Å². The van der Waals surface area contributed by atoms with Crippen molar-refractivity contribution < 1.29 is 37.1 Å². The van der Waals surface area contributed by atoms with E-state index in [0.29, 0.717) is 60.4 Å². The number of likely N-dealkylation sites (tertiary alicyclic amines) is 2. The molecule has 0 bridgehead atoms. The van der Waals surface area contributed by atoms with Gasteiger partial charge in [-0.3, -0.25) is 23.9 Å². The van der Waals surface area contributed by atoms with Crippen LogP contribution in [0.1, 0.15) is 71.6 Å². The van der Waals surface area contributed by atoms with Crippen LogP contribution in [-0.4, -0.2) is 96.5 Å². The van der Waals surface area contributed by atoms with Gasteiger partial charge in [-0.25, -0.2) is 13.4 Å². The monoisotopic (exact) mass is 799 g/mol. The van der Waals surface area contributed by atoms with Crippen LogP contribution in [0.5, 0.6) is 11.5 Å². The van der Waals surface area contributed by atoms with E-state index in [4.69, 9.17) is 14.5 Å². The van der Waals surface area contributed by atoms with E-state index in [1.54, 1.807) is 7.11 Å². The van der Waals surface area contributed by atoms with E-state index < -0.39 is 56.6 Å². The number of aromatic nitrogens is 1. The summed E-state index contributed by atoms with van der Waals surface area (Å²) in [5, 5.41) is 2.95. The molecule has 13 nitrogen and oxygen atoms in total. The summed E-state index contributed by atoms with van der Waals surface area (Å²) in [4.78, 5) is 64.7. The number of sulfonamides is 1. The van der Waals surface area contributed by atoms with Crippen LogP contribution in [0.3, 0.4) is 0 Å². The molecular weight excluding hydrogens is 747 g/mol. The van der Waals surface area contributed by atoms with Crippen molar-refractivity contribution in [3.05, 3.63) is 67.3 Å². The highest BCUT2D eigenvalue weighted by Gasteiger charge is 2.62. The van der Waals surface area contributed by atoms with Crippen LogP contribution in [0.25, 0.3) is 22.2 Å². The van der Waals surface area contributed by atoms with Crippen molar-refractivity contribution in [2.24, 2.45) is 17.8 Å². The summed E-state index contributed by atoms with van der Waals surface area (Å²) in [6, 6.07) is 15.9. The van der Waals surface area contributed by atoms with E-state index >= 15 is 0 Å². The predicted octanol–water partition coefficient (Wildman–Crippen LogP) is 4.99. The molecule has 2 saturated carbocycles. The number of methoxy groups -OCH3 is 1. The van der Waals surface area contributed by atoms with Crippen LogP contribution in [-0.2, 0) is 29.2 Å². The molecule has 2 aromatic carbocycles. The van der Waals surface area contributed by atoms with E-state index in [9.17, 15) is 27.6 Å². The Hall–Kier alpha value is -4.98. The van der Waals surface area contributed by atoms with Crippen LogP contribution < -0.4 is 19.5 Å². The molecule has 1 aromatic heterocycles. The Balaban J connectivity index is 1.20. The Morgan fingerprint density at radius 2 is 1.77 bits per heavy atom. The molecule has 14 heteroatoms. The molecule has 2 aliphatic carbocycles. The van der Waals surface area contributed by atoms with Gasteiger partial charge < -0.3 is 24.6 Å². The van der Waals surface area contributed by atoms with Crippen LogP contribution >= 0.6 is 0 Å². The summed E-state index contributed by atoms with van der Waals surface area (Å²) in [5.74, 6) is -1.78. The molecule has 2 aliphatic heterocycles. The lowest BCUT2D eigenvalue weighted by Crippen LogP contribution is -2.57. The Labute approximate surface area is 334 Å². The van der Waals surface area contributed by atoms with E-state index in [1.165, 1.54) is 11.0 Å². The van der Waals surface area contributed by atoms with Crippen molar-refractivity contribution in [2.75, 3.05) is 26.7 Å². The number of nitrogens with zero attached hydrogens (tertiary/aromatic N) is 3. The summed E-state index contributed by atoms with van der Waals surface area (Å²) in [6.07, 6.45) is 5.45. The molecular formula is C43H53N5O8S. The van der Waals surface area contributed by atoms with Gasteiger partial charge in [0.1, 0.15) is 29.2 Å². The minimum atomic E-state index is -3.89. The normalized spacial score (nSPS) is 23.8. The molecule has 3 aromatic rings. The number of amides is 4. The number of carbonyl (C=O) groups excluding carboxylic acids is 4. The van der Waals surface area contributed by atoms with Gasteiger partial charge in [-0.15, -0.1) is 6.58 Å². The molecule has 3 heterocycles.